The van der Waals surface area contributed by atoms with E-state index in [-0.39, 0.29) is 0 Å². The number of hydrogen-bond donors (Lipinski definition) is 1. The lowest BCUT2D eigenvalue weighted by Crippen LogP contribution is -1.99. The summed E-state index contributed by atoms with van der Waals surface area (Å²) in [5.41, 5.74) is 1.93. The average Bonchev–Trinajstić information content (AvgIpc) is 2.74. The molecule has 0 radical (unpaired) electrons. The number of aromatic nitrogens is 2. The minimum absolute atomic E-state index is 0.594. The summed E-state index contributed by atoms with van der Waals surface area (Å²) in [6, 6.07) is 3.87. The Kier molecular flexibility index (Phi) is 2.63. The molecular formula is C11H14N2OS. The van der Waals surface area contributed by atoms with Gasteiger partial charge in [-0.15, -0.1) is 11.3 Å². The second-order valence-corrected chi connectivity index (χ2v) is 4.99. The molecule has 0 fully saturated rings. The Morgan fingerprint density at radius 1 is 1.47 bits per heavy atom. The molecule has 0 spiro atoms. The molecule has 1 N–H and O–H groups in total. The van der Waals surface area contributed by atoms with Crippen LogP contribution in [0.1, 0.15) is 27.1 Å². The van der Waals surface area contributed by atoms with E-state index in [2.05, 4.69) is 18.9 Å². The normalized spacial score (nSPS) is 13.1. The average molecular weight is 222 g/mol. The molecule has 2 aromatic heterocycles. The predicted octanol–water partition coefficient (Wildman–Crippen LogP) is 2.18. The summed E-state index contributed by atoms with van der Waals surface area (Å²) in [5, 5.41) is 14.3. The zero-order valence-corrected chi connectivity index (χ0v) is 9.88. The number of rotatable bonds is 2. The molecule has 0 aromatic carbocycles. The van der Waals surface area contributed by atoms with E-state index in [1.54, 1.807) is 16.0 Å². The van der Waals surface area contributed by atoms with Crippen molar-refractivity contribution >= 4 is 11.3 Å². The molecule has 0 aliphatic rings. The molecule has 0 amide bonds. The second kappa shape index (κ2) is 3.79. The maximum Gasteiger partial charge on any atom is 0.132 e. The van der Waals surface area contributed by atoms with Gasteiger partial charge in [0, 0.05) is 23.0 Å². The van der Waals surface area contributed by atoms with Crippen LogP contribution in [0, 0.1) is 13.8 Å². The van der Waals surface area contributed by atoms with Gasteiger partial charge in [0.2, 0.25) is 0 Å². The monoisotopic (exact) mass is 222 g/mol. The molecular weight excluding hydrogens is 208 g/mol. The van der Waals surface area contributed by atoms with Crippen LogP contribution in [-0.4, -0.2) is 14.9 Å². The third kappa shape index (κ3) is 1.96. The lowest BCUT2D eigenvalue weighted by molar-refractivity contribution is 0.218. The Labute approximate surface area is 93.0 Å². The van der Waals surface area contributed by atoms with Crippen LogP contribution in [-0.2, 0) is 7.05 Å². The molecule has 0 bridgehead atoms. The van der Waals surface area contributed by atoms with Gasteiger partial charge in [-0.25, -0.2) is 0 Å². The van der Waals surface area contributed by atoms with Crippen LogP contribution in [0.4, 0.5) is 0 Å². The van der Waals surface area contributed by atoms with E-state index < -0.39 is 6.10 Å². The Hall–Kier alpha value is -1.13. The van der Waals surface area contributed by atoms with E-state index in [9.17, 15) is 5.11 Å². The van der Waals surface area contributed by atoms with Crippen LogP contribution in [0.15, 0.2) is 18.3 Å². The van der Waals surface area contributed by atoms with Crippen LogP contribution in [0.5, 0.6) is 0 Å². The fourth-order valence-corrected chi connectivity index (χ4v) is 2.50. The number of aliphatic hydroxyl groups excluding tert-OH is 1. The highest BCUT2D eigenvalue weighted by Gasteiger charge is 2.15. The van der Waals surface area contributed by atoms with Gasteiger partial charge in [-0.05, 0) is 31.5 Å². The van der Waals surface area contributed by atoms with Gasteiger partial charge in [0.1, 0.15) is 6.10 Å². The molecule has 2 rings (SSSR count). The zero-order valence-electron chi connectivity index (χ0n) is 9.06. The van der Waals surface area contributed by atoms with E-state index in [4.69, 9.17) is 0 Å². The SMILES string of the molecule is Cc1cc(C(O)c2ccn(C)n2)sc1C. The number of hydrogen-bond acceptors (Lipinski definition) is 3. The Morgan fingerprint density at radius 2 is 2.20 bits per heavy atom. The number of aliphatic hydroxyl groups is 1. The van der Waals surface area contributed by atoms with Crippen molar-refractivity contribution in [1.29, 1.82) is 0 Å². The topological polar surface area (TPSA) is 38.0 Å². The molecule has 3 nitrogen and oxygen atoms in total. The first-order valence-corrected chi connectivity index (χ1v) is 5.64. The smallest absolute Gasteiger partial charge is 0.132 e. The lowest BCUT2D eigenvalue weighted by Gasteiger charge is -2.03. The van der Waals surface area contributed by atoms with E-state index in [0.717, 1.165) is 4.88 Å². The first-order valence-electron chi connectivity index (χ1n) is 4.82. The highest BCUT2D eigenvalue weighted by Crippen LogP contribution is 2.29. The van der Waals surface area contributed by atoms with Crippen LogP contribution in [0.2, 0.25) is 0 Å². The predicted molar refractivity (Wildman–Crippen MR) is 61.1 cm³/mol. The zero-order chi connectivity index (χ0) is 11.0. The molecule has 15 heavy (non-hydrogen) atoms. The van der Waals surface area contributed by atoms with Crippen molar-refractivity contribution in [2.75, 3.05) is 0 Å². The van der Waals surface area contributed by atoms with E-state index in [1.807, 2.05) is 25.4 Å². The van der Waals surface area contributed by atoms with E-state index in [0.29, 0.717) is 5.69 Å². The number of thiophene rings is 1. The highest BCUT2D eigenvalue weighted by molar-refractivity contribution is 7.12. The fourth-order valence-electron chi connectivity index (χ4n) is 1.46. The molecule has 0 saturated carbocycles. The second-order valence-electron chi connectivity index (χ2n) is 3.70. The summed E-state index contributed by atoms with van der Waals surface area (Å²) in [6.07, 6.45) is 1.25. The van der Waals surface area contributed by atoms with Crippen molar-refractivity contribution in [1.82, 2.24) is 9.78 Å². The molecule has 2 aromatic rings. The van der Waals surface area contributed by atoms with Crippen LogP contribution in [0.3, 0.4) is 0 Å². The minimum atomic E-state index is -0.594. The van der Waals surface area contributed by atoms with Gasteiger partial charge >= 0.3 is 0 Å². The van der Waals surface area contributed by atoms with Gasteiger partial charge in [0.25, 0.3) is 0 Å². The molecule has 0 aliphatic carbocycles. The van der Waals surface area contributed by atoms with Gasteiger partial charge in [-0.3, -0.25) is 4.68 Å². The molecule has 0 aliphatic heterocycles. The summed E-state index contributed by atoms with van der Waals surface area (Å²) in [4.78, 5) is 2.21. The first kappa shape index (κ1) is 10.4. The van der Waals surface area contributed by atoms with Crippen LogP contribution >= 0.6 is 11.3 Å². The Morgan fingerprint density at radius 3 is 2.67 bits per heavy atom. The molecule has 4 heteroatoms. The summed E-state index contributed by atoms with van der Waals surface area (Å²) in [5.74, 6) is 0. The number of aryl methyl sites for hydroxylation is 3. The van der Waals surface area contributed by atoms with Crippen molar-refractivity contribution in [2.24, 2.45) is 7.05 Å². The summed E-state index contributed by atoms with van der Waals surface area (Å²) >= 11 is 1.63. The Bertz CT molecular complexity index is 453. The van der Waals surface area contributed by atoms with Gasteiger partial charge < -0.3 is 5.11 Å². The quantitative estimate of drug-likeness (QED) is 0.845. The third-order valence-corrected chi connectivity index (χ3v) is 3.67. The summed E-state index contributed by atoms with van der Waals surface area (Å²) in [6.45, 7) is 4.12. The third-order valence-electron chi connectivity index (χ3n) is 2.47. The van der Waals surface area contributed by atoms with Crippen molar-refractivity contribution in [3.05, 3.63) is 39.3 Å². The maximum atomic E-state index is 10.1. The lowest BCUT2D eigenvalue weighted by atomic mass is 10.2. The van der Waals surface area contributed by atoms with Gasteiger partial charge in [0.15, 0.2) is 0 Å². The first-order chi connectivity index (χ1) is 7.08. The molecule has 80 valence electrons. The summed E-state index contributed by atoms with van der Waals surface area (Å²) in [7, 11) is 1.85. The van der Waals surface area contributed by atoms with Crippen molar-refractivity contribution in [3.63, 3.8) is 0 Å². The fraction of sp³-hybridized carbons (Fsp3) is 0.364. The molecule has 1 unspecified atom stereocenters. The van der Waals surface area contributed by atoms with Gasteiger partial charge in [-0.1, -0.05) is 0 Å². The van der Waals surface area contributed by atoms with Crippen molar-refractivity contribution < 1.29 is 5.11 Å². The largest absolute Gasteiger partial charge is 0.381 e. The van der Waals surface area contributed by atoms with Gasteiger partial charge in [0.05, 0.1) is 5.69 Å². The van der Waals surface area contributed by atoms with E-state index >= 15 is 0 Å². The van der Waals surface area contributed by atoms with E-state index in [1.165, 1.54) is 10.4 Å². The van der Waals surface area contributed by atoms with Crippen molar-refractivity contribution in [3.8, 4) is 0 Å². The van der Waals surface area contributed by atoms with Gasteiger partial charge in [-0.2, -0.15) is 5.10 Å². The van der Waals surface area contributed by atoms with Crippen LogP contribution < -0.4 is 0 Å². The standard InChI is InChI=1S/C11H14N2OS/c1-7-6-10(15-8(7)2)11(14)9-4-5-13(3)12-9/h4-6,11,14H,1-3H3. The minimum Gasteiger partial charge on any atom is -0.381 e. The van der Waals surface area contributed by atoms with Crippen molar-refractivity contribution in [2.45, 2.75) is 20.0 Å². The molecule has 1 atom stereocenters. The maximum absolute atomic E-state index is 10.1. The Balaban J connectivity index is 2.31. The van der Waals surface area contributed by atoms with Crippen LogP contribution in [0.25, 0.3) is 0 Å². The summed E-state index contributed by atoms with van der Waals surface area (Å²) < 4.78 is 1.70. The highest BCUT2D eigenvalue weighted by atomic mass is 32.1. The molecule has 2 heterocycles. The number of nitrogens with zero attached hydrogens (tertiary/aromatic N) is 2. The molecule has 0 saturated heterocycles.